The molecule has 5 nitrogen and oxygen atoms in total. The van der Waals surface area contributed by atoms with Crippen LogP contribution in [0.4, 0.5) is 5.69 Å². The third-order valence-corrected chi connectivity index (χ3v) is 4.15. The molecule has 0 aliphatic rings. The molecule has 0 saturated carbocycles. The lowest BCUT2D eigenvalue weighted by Crippen LogP contribution is -2.12. The van der Waals surface area contributed by atoms with Crippen molar-refractivity contribution in [1.29, 1.82) is 0 Å². The zero-order chi connectivity index (χ0) is 16.4. The highest BCUT2D eigenvalue weighted by molar-refractivity contribution is 5.94. The highest BCUT2D eigenvalue weighted by Gasteiger charge is 2.14. The van der Waals surface area contributed by atoms with Gasteiger partial charge in [0.2, 0.25) is 0 Å². The number of non-ortho nitro benzene ring substituents is 1. The lowest BCUT2D eigenvalue weighted by atomic mass is 10.1. The van der Waals surface area contributed by atoms with Crippen molar-refractivity contribution in [2.24, 2.45) is 0 Å². The first kappa shape index (κ1) is 15.2. The summed E-state index contributed by atoms with van der Waals surface area (Å²) in [4.78, 5) is 23.3. The molecule has 0 spiro atoms. The quantitative estimate of drug-likeness (QED) is 0.306. The van der Waals surface area contributed by atoms with Gasteiger partial charge in [0.1, 0.15) is 0 Å². The number of nitro benzene ring substituents is 1. The van der Waals surface area contributed by atoms with Crippen LogP contribution in [-0.2, 0) is 6.54 Å². The van der Waals surface area contributed by atoms with Gasteiger partial charge >= 0.3 is 0 Å². The SMILES string of the molecule is CCCCCn1c2ccccc2c(=O)c2cc([N+](=O)[O-])ccc21. The maximum absolute atomic E-state index is 12.7. The lowest BCUT2D eigenvalue weighted by molar-refractivity contribution is -0.384. The Balaban J connectivity index is 2.33. The van der Waals surface area contributed by atoms with E-state index < -0.39 is 4.92 Å². The Morgan fingerprint density at radius 2 is 1.78 bits per heavy atom. The third kappa shape index (κ3) is 2.70. The molecule has 0 atom stereocenters. The van der Waals surface area contributed by atoms with Crippen molar-refractivity contribution in [3.8, 4) is 0 Å². The molecule has 0 unspecified atom stereocenters. The standard InChI is InChI=1S/C18H18N2O3/c1-2-3-6-11-19-16-8-5-4-7-14(16)18(21)15-12-13(20(22)23)9-10-17(15)19/h4-5,7-10,12H,2-3,6,11H2,1H3. The number of aryl methyl sites for hydroxylation is 1. The molecule has 118 valence electrons. The summed E-state index contributed by atoms with van der Waals surface area (Å²) in [5, 5.41) is 12.0. The van der Waals surface area contributed by atoms with Crippen LogP contribution in [0, 0.1) is 10.1 Å². The molecule has 0 saturated heterocycles. The molecule has 0 N–H and O–H groups in total. The summed E-state index contributed by atoms with van der Waals surface area (Å²) < 4.78 is 2.10. The monoisotopic (exact) mass is 310 g/mol. The number of hydrogen-bond acceptors (Lipinski definition) is 3. The van der Waals surface area contributed by atoms with E-state index in [0.29, 0.717) is 10.8 Å². The Hall–Kier alpha value is -2.69. The van der Waals surface area contributed by atoms with E-state index >= 15 is 0 Å². The molecule has 3 aromatic rings. The van der Waals surface area contributed by atoms with Crippen LogP contribution in [0.3, 0.4) is 0 Å². The molecule has 0 bridgehead atoms. The highest BCUT2D eigenvalue weighted by Crippen LogP contribution is 2.23. The summed E-state index contributed by atoms with van der Waals surface area (Å²) in [5.41, 5.74) is 1.45. The Labute approximate surface area is 133 Å². The Bertz CT molecular complexity index is 944. The maximum Gasteiger partial charge on any atom is 0.270 e. The summed E-state index contributed by atoms with van der Waals surface area (Å²) in [6.07, 6.45) is 3.23. The first-order valence-electron chi connectivity index (χ1n) is 7.83. The van der Waals surface area contributed by atoms with Crippen LogP contribution in [0.2, 0.25) is 0 Å². The average molecular weight is 310 g/mol. The Morgan fingerprint density at radius 1 is 1.04 bits per heavy atom. The summed E-state index contributed by atoms with van der Waals surface area (Å²) >= 11 is 0. The van der Waals surface area contributed by atoms with Crippen molar-refractivity contribution in [1.82, 2.24) is 4.57 Å². The molecule has 0 aliphatic heterocycles. The van der Waals surface area contributed by atoms with Crippen LogP contribution in [-0.4, -0.2) is 9.49 Å². The molecule has 2 aromatic carbocycles. The Kier molecular flexibility index (Phi) is 4.10. The summed E-state index contributed by atoms with van der Waals surface area (Å²) in [6, 6.07) is 12.0. The van der Waals surface area contributed by atoms with Crippen LogP contribution in [0.25, 0.3) is 21.8 Å². The van der Waals surface area contributed by atoms with E-state index in [-0.39, 0.29) is 11.1 Å². The predicted octanol–water partition coefficient (Wildman–Crippen LogP) is 4.25. The second kappa shape index (κ2) is 6.20. The zero-order valence-corrected chi connectivity index (χ0v) is 13.0. The van der Waals surface area contributed by atoms with Gasteiger partial charge < -0.3 is 4.57 Å². The van der Waals surface area contributed by atoms with Gasteiger partial charge in [-0.3, -0.25) is 14.9 Å². The molecule has 23 heavy (non-hydrogen) atoms. The van der Waals surface area contributed by atoms with E-state index in [2.05, 4.69) is 11.5 Å². The van der Waals surface area contributed by atoms with Crippen molar-refractivity contribution < 1.29 is 4.92 Å². The van der Waals surface area contributed by atoms with Gasteiger partial charge in [0.15, 0.2) is 5.43 Å². The number of pyridine rings is 1. The van der Waals surface area contributed by atoms with E-state index in [4.69, 9.17) is 0 Å². The van der Waals surface area contributed by atoms with Gasteiger partial charge in [0.05, 0.1) is 21.3 Å². The van der Waals surface area contributed by atoms with Gasteiger partial charge in [-0.1, -0.05) is 31.9 Å². The number of para-hydroxylation sites is 1. The van der Waals surface area contributed by atoms with E-state index in [1.807, 2.05) is 18.2 Å². The highest BCUT2D eigenvalue weighted by atomic mass is 16.6. The average Bonchev–Trinajstić information content (AvgIpc) is 2.57. The molecular weight excluding hydrogens is 292 g/mol. The summed E-state index contributed by atoms with van der Waals surface area (Å²) in [5.74, 6) is 0. The second-order valence-electron chi connectivity index (χ2n) is 5.66. The van der Waals surface area contributed by atoms with Crippen LogP contribution >= 0.6 is 0 Å². The third-order valence-electron chi connectivity index (χ3n) is 4.15. The predicted molar refractivity (Wildman–Crippen MR) is 91.9 cm³/mol. The molecule has 0 radical (unpaired) electrons. The number of nitrogens with zero attached hydrogens (tertiary/aromatic N) is 2. The van der Waals surface area contributed by atoms with E-state index in [1.54, 1.807) is 12.1 Å². The number of fused-ring (bicyclic) bond motifs is 2. The van der Waals surface area contributed by atoms with E-state index in [9.17, 15) is 14.9 Å². The van der Waals surface area contributed by atoms with Crippen LogP contribution < -0.4 is 5.43 Å². The van der Waals surface area contributed by atoms with Crippen LogP contribution in [0.15, 0.2) is 47.3 Å². The van der Waals surface area contributed by atoms with Crippen molar-refractivity contribution in [3.05, 3.63) is 62.8 Å². The molecule has 1 heterocycles. The molecule has 1 aromatic heterocycles. The minimum Gasteiger partial charge on any atom is -0.340 e. The second-order valence-corrected chi connectivity index (χ2v) is 5.66. The number of unbranched alkanes of at least 4 members (excludes halogenated alkanes) is 2. The maximum atomic E-state index is 12.7. The van der Waals surface area contributed by atoms with E-state index in [1.165, 1.54) is 12.1 Å². The molecule has 3 rings (SSSR count). The number of rotatable bonds is 5. The number of hydrogen-bond donors (Lipinski definition) is 0. The Morgan fingerprint density at radius 3 is 2.52 bits per heavy atom. The van der Waals surface area contributed by atoms with Gasteiger partial charge in [-0.05, 0) is 24.6 Å². The topological polar surface area (TPSA) is 65.1 Å². The smallest absolute Gasteiger partial charge is 0.270 e. The van der Waals surface area contributed by atoms with E-state index in [0.717, 1.165) is 36.8 Å². The molecule has 5 heteroatoms. The van der Waals surface area contributed by atoms with Gasteiger partial charge in [-0.25, -0.2) is 0 Å². The molecule has 0 aliphatic carbocycles. The fourth-order valence-corrected chi connectivity index (χ4v) is 2.99. The lowest BCUT2D eigenvalue weighted by Gasteiger charge is -2.15. The van der Waals surface area contributed by atoms with Crippen molar-refractivity contribution >= 4 is 27.5 Å². The minimum atomic E-state index is -0.463. The summed E-state index contributed by atoms with van der Waals surface area (Å²) in [7, 11) is 0. The number of aromatic nitrogens is 1. The fraction of sp³-hybridized carbons (Fsp3) is 0.278. The molecule has 0 amide bonds. The van der Waals surface area contributed by atoms with Gasteiger partial charge in [0.25, 0.3) is 5.69 Å². The van der Waals surface area contributed by atoms with Gasteiger partial charge in [0, 0.05) is 24.1 Å². The number of nitro groups is 1. The van der Waals surface area contributed by atoms with Crippen molar-refractivity contribution in [2.75, 3.05) is 0 Å². The number of benzene rings is 2. The largest absolute Gasteiger partial charge is 0.340 e. The van der Waals surface area contributed by atoms with Gasteiger partial charge in [-0.15, -0.1) is 0 Å². The van der Waals surface area contributed by atoms with Crippen molar-refractivity contribution in [2.45, 2.75) is 32.7 Å². The molecular formula is C18H18N2O3. The zero-order valence-electron chi connectivity index (χ0n) is 13.0. The first-order chi connectivity index (χ1) is 11.1. The van der Waals surface area contributed by atoms with Crippen LogP contribution in [0.1, 0.15) is 26.2 Å². The molecule has 0 fully saturated rings. The van der Waals surface area contributed by atoms with Crippen LogP contribution in [0.5, 0.6) is 0 Å². The summed E-state index contributed by atoms with van der Waals surface area (Å²) in [6.45, 7) is 2.94. The van der Waals surface area contributed by atoms with Gasteiger partial charge in [-0.2, -0.15) is 0 Å². The normalized spacial score (nSPS) is 11.2. The van der Waals surface area contributed by atoms with Crippen molar-refractivity contribution in [3.63, 3.8) is 0 Å². The first-order valence-corrected chi connectivity index (χ1v) is 7.83. The fourth-order valence-electron chi connectivity index (χ4n) is 2.99. The minimum absolute atomic E-state index is 0.0509.